The van der Waals surface area contributed by atoms with Crippen molar-refractivity contribution in [2.24, 2.45) is 5.92 Å². The topological polar surface area (TPSA) is 66.7 Å². The zero-order valence-corrected chi connectivity index (χ0v) is 12.8. The second kappa shape index (κ2) is 7.13. The Kier molecular flexibility index (Phi) is 5.47. The highest BCUT2D eigenvalue weighted by Crippen LogP contribution is 2.24. The molecule has 2 unspecified atom stereocenters. The lowest BCUT2D eigenvalue weighted by molar-refractivity contribution is 0.146. The second-order valence-electron chi connectivity index (χ2n) is 5.23. The van der Waals surface area contributed by atoms with Crippen LogP contribution in [0.1, 0.15) is 5.76 Å². The Morgan fingerprint density at radius 3 is 2.95 bits per heavy atom. The molecule has 3 rings (SSSR count). The van der Waals surface area contributed by atoms with Crippen LogP contribution in [-0.2, 0) is 6.54 Å². The maximum atomic E-state index is 9.72. The van der Waals surface area contributed by atoms with Crippen LogP contribution in [-0.4, -0.2) is 38.0 Å². The summed E-state index contributed by atoms with van der Waals surface area (Å²) in [6.07, 6.45) is -0.248. The summed E-state index contributed by atoms with van der Waals surface area (Å²) >= 11 is 0. The maximum absolute atomic E-state index is 9.72. The second-order valence-corrected chi connectivity index (χ2v) is 5.23. The van der Waals surface area contributed by atoms with Crippen molar-refractivity contribution in [1.82, 2.24) is 10.6 Å². The van der Waals surface area contributed by atoms with Gasteiger partial charge in [-0.3, -0.25) is 0 Å². The van der Waals surface area contributed by atoms with Gasteiger partial charge in [0.05, 0.1) is 19.8 Å². The first-order valence-corrected chi connectivity index (χ1v) is 6.92. The molecular weight excluding hydrogens is 292 g/mol. The van der Waals surface area contributed by atoms with Crippen molar-refractivity contribution in [1.29, 1.82) is 0 Å². The van der Waals surface area contributed by atoms with Crippen molar-refractivity contribution < 1.29 is 14.3 Å². The molecule has 0 saturated carbocycles. The number of halogens is 1. The Bertz CT molecular complexity index is 587. The SMILES string of the molecule is COc1ccc2oc(CNCC3CNCC3O)cc2c1.Cl. The Labute approximate surface area is 130 Å². The first kappa shape index (κ1) is 16.1. The molecule has 1 aromatic heterocycles. The molecule has 116 valence electrons. The van der Waals surface area contributed by atoms with E-state index in [1.54, 1.807) is 7.11 Å². The van der Waals surface area contributed by atoms with Gasteiger partial charge in [-0.05, 0) is 24.3 Å². The van der Waals surface area contributed by atoms with Crippen molar-refractivity contribution >= 4 is 23.4 Å². The molecule has 0 radical (unpaired) electrons. The van der Waals surface area contributed by atoms with E-state index in [0.717, 1.165) is 35.6 Å². The molecule has 0 spiro atoms. The smallest absolute Gasteiger partial charge is 0.134 e. The van der Waals surface area contributed by atoms with Crippen LogP contribution in [0.3, 0.4) is 0 Å². The monoisotopic (exact) mass is 312 g/mol. The van der Waals surface area contributed by atoms with E-state index in [1.807, 2.05) is 24.3 Å². The number of aliphatic hydroxyl groups is 1. The van der Waals surface area contributed by atoms with Gasteiger partial charge in [0.2, 0.25) is 0 Å². The fourth-order valence-electron chi connectivity index (χ4n) is 2.60. The van der Waals surface area contributed by atoms with Crippen LogP contribution in [0.25, 0.3) is 11.0 Å². The predicted octanol–water partition coefficient (Wildman–Crippen LogP) is 1.53. The normalized spacial score (nSPS) is 21.4. The van der Waals surface area contributed by atoms with E-state index < -0.39 is 0 Å². The van der Waals surface area contributed by atoms with E-state index in [9.17, 15) is 5.11 Å². The number of hydrogen-bond donors (Lipinski definition) is 3. The number of fused-ring (bicyclic) bond motifs is 1. The highest BCUT2D eigenvalue weighted by Gasteiger charge is 2.24. The molecule has 1 aromatic carbocycles. The van der Waals surface area contributed by atoms with Crippen LogP contribution in [0.5, 0.6) is 5.75 Å². The van der Waals surface area contributed by atoms with E-state index in [2.05, 4.69) is 10.6 Å². The van der Waals surface area contributed by atoms with Crippen molar-refractivity contribution in [3.8, 4) is 5.75 Å². The van der Waals surface area contributed by atoms with Gasteiger partial charge in [-0.2, -0.15) is 0 Å². The summed E-state index contributed by atoms with van der Waals surface area (Å²) in [4.78, 5) is 0. The Morgan fingerprint density at radius 2 is 2.24 bits per heavy atom. The molecule has 21 heavy (non-hydrogen) atoms. The largest absolute Gasteiger partial charge is 0.497 e. The predicted molar refractivity (Wildman–Crippen MR) is 84.1 cm³/mol. The minimum Gasteiger partial charge on any atom is -0.497 e. The zero-order valence-electron chi connectivity index (χ0n) is 12.0. The minimum absolute atomic E-state index is 0. The molecule has 6 heteroatoms. The molecule has 2 aromatic rings. The standard InChI is InChI=1S/C15H20N2O3.ClH/c1-19-12-2-3-15-10(4-12)5-13(20-15)8-16-6-11-7-17-9-14(11)18;/h2-5,11,14,16-18H,6-9H2,1H3;1H. The molecule has 1 aliphatic rings. The molecule has 2 atom stereocenters. The summed E-state index contributed by atoms with van der Waals surface area (Å²) in [6, 6.07) is 7.80. The zero-order chi connectivity index (χ0) is 13.9. The number of ether oxygens (including phenoxy) is 1. The van der Waals surface area contributed by atoms with E-state index in [-0.39, 0.29) is 24.4 Å². The minimum atomic E-state index is -0.248. The van der Waals surface area contributed by atoms with Gasteiger partial charge in [0.25, 0.3) is 0 Å². The number of methoxy groups -OCH3 is 1. The summed E-state index contributed by atoms with van der Waals surface area (Å²) < 4.78 is 11.0. The third kappa shape index (κ3) is 3.68. The third-order valence-electron chi connectivity index (χ3n) is 3.78. The van der Waals surface area contributed by atoms with Crippen LogP contribution in [0.4, 0.5) is 0 Å². The molecule has 1 saturated heterocycles. The third-order valence-corrected chi connectivity index (χ3v) is 3.78. The van der Waals surface area contributed by atoms with Crippen LogP contribution in [0.2, 0.25) is 0 Å². The molecule has 1 fully saturated rings. The van der Waals surface area contributed by atoms with Gasteiger partial charge in [-0.15, -0.1) is 12.4 Å². The number of nitrogens with one attached hydrogen (secondary N) is 2. The number of rotatable bonds is 5. The number of β-amino-alcohol motifs (C(OH)–C–C–N with tert-alkyl or cyclic N) is 1. The Morgan fingerprint density at radius 1 is 1.38 bits per heavy atom. The number of hydrogen-bond acceptors (Lipinski definition) is 5. The molecule has 2 heterocycles. The Balaban J connectivity index is 0.00000161. The number of furan rings is 1. The van der Waals surface area contributed by atoms with Gasteiger partial charge in [-0.1, -0.05) is 0 Å². The maximum Gasteiger partial charge on any atom is 0.134 e. The molecule has 1 aliphatic heterocycles. The van der Waals surface area contributed by atoms with Gasteiger partial charge < -0.3 is 24.9 Å². The van der Waals surface area contributed by atoms with Crippen molar-refractivity contribution in [3.05, 3.63) is 30.0 Å². The van der Waals surface area contributed by atoms with E-state index in [4.69, 9.17) is 9.15 Å². The number of benzene rings is 1. The van der Waals surface area contributed by atoms with E-state index >= 15 is 0 Å². The van der Waals surface area contributed by atoms with Gasteiger partial charge in [-0.25, -0.2) is 0 Å². The summed E-state index contributed by atoms with van der Waals surface area (Å²) in [5.74, 6) is 2.01. The van der Waals surface area contributed by atoms with E-state index in [0.29, 0.717) is 13.1 Å². The molecule has 0 amide bonds. The average Bonchev–Trinajstić information content (AvgIpc) is 3.04. The quantitative estimate of drug-likeness (QED) is 0.781. The summed E-state index contributed by atoms with van der Waals surface area (Å²) in [5, 5.41) is 17.3. The van der Waals surface area contributed by atoms with Gasteiger partial charge in [0, 0.05) is 30.9 Å². The first-order chi connectivity index (χ1) is 9.76. The van der Waals surface area contributed by atoms with Crippen molar-refractivity contribution in [2.45, 2.75) is 12.6 Å². The Hall–Kier alpha value is -1.27. The van der Waals surface area contributed by atoms with Crippen LogP contribution < -0.4 is 15.4 Å². The summed E-state index contributed by atoms with van der Waals surface area (Å²) in [7, 11) is 1.66. The van der Waals surface area contributed by atoms with Crippen molar-refractivity contribution in [3.63, 3.8) is 0 Å². The summed E-state index contributed by atoms with van der Waals surface area (Å²) in [6.45, 7) is 3.01. The van der Waals surface area contributed by atoms with Gasteiger partial charge in [0.1, 0.15) is 17.1 Å². The van der Waals surface area contributed by atoms with Crippen LogP contribution in [0.15, 0.2) is 28.7 Å². The van der Waals surface area contributed by atoms with Gasteiger partial charge >= 0.3 is 0 Å². The van der Waals surface area contributed by atoms with Gasteiger partial charge in [0.15, 0.2) is 0 Å². The molecule has 0 aliphatic carbocycles. The number of aliphatic hydroxyl groups excluding tert-OH is 1. The van der Waals surface area contributed by atoms with Crippen molar-refractivity contribution in [2.75, 3.05) is 26.7 Å². The highest BCUT2D eigenvalue weighted by atomic mass is 35.5. The lowest BCUT2D eigenvalue weighted by atomic mass is 10.1. The van der Waals surface area contributed by atoms with Crippen LogP contribution >= 0.6 is 12.4 Å². The lowest BCUT2D eigenvalue weighted by Gasteiger charge is -2.13. The average molecular weight is 313 g/mol. The van der Waals surface area contributed by atoms with E-state index in [1.165, 1.54) is 0 Å². The molecule has 5 nitrogen and oxygen atoms in total. The molecule has 3 N–H and O–H groups in total. The fourth-order valence-corrected chi connectivity index (χ4v) is 2.60. The van der Waals surface area contributed by atoms with Crippen LogP contribution in [0, 0.1) is 5.92 Å². The molecular formula is C15H21ClN2O3. The highest BCUT2D eigenvalue weighted by molar-refractivity contribution is 5.85. The summed E-state index contributed by atoms with van der Waals surface area (Å²) in [5.41, 5.74) is 0.866. The first-order valence-electron chi connectivity index (χ1n) is 6.92. The lowest BCUT2D eigenvalue weighted by Crippen LogP contribution is -2.30. The fraction of sp³-hybridized carbons (Fsp3) is 0.467. The molecule has 0 bridgehead atoms.